The first-order chi connectivity index (χ1) is 19.1. The zero-order valence-electron chi connectivity index (χ0n) is 21.4. The van der Waals surface area contributed by atoms with Gasteiger partial charge in [-0.1, -0.05) is 48.5 Å². The van der Waals surface area contributed by atoms with E-state index in [1.165, 1.54) is 23.5 Å². The molecule has 39 heavy (non-hydrogen) atoms. The molecule has 0 aliphatic carbocycles. The van der Waals surface area contributed by atoms with Gasteiger partial charge in [-0.05, 0) is 47.9 Å². The molecule has 1 aliphatic rings. The van der Waals surface area contributed by atoms with Crippen LogP contribution in [0, 0.1) is 0 Å². The average molecular weight is 525 g/mol. The van der Waals surface area contributed by atoms with Gasteiger partial charge in [0.2, 0.25) is 12.7 Å². The molecule has 0 bridgehead atoms. The second kappa shape index (κ2) is 12.1. The Morgan fingerprint density at radius 1 is 0.974 bits per heavy atom. The van der Waals surface area contributed by atoms with Crippen LogP contribution in [0.25, 0.3) is 0 Å². The number of aromatic nitrogens is 2. The van der Waals surface area contributed by atoms with Gasteiger partial charge in [0.1, 0.15) is 17.5 Å². The second-order valence-corrected chi connectivity index (χ2v) is 8.82. The fourth-order valence-corrected chi connectivity index (χ4v) is 4.34. The third-order valence-corrected chi connectivity index (χ3v) is 6.21. The highest BCUT2D eigenvalue weighted by molar-refractivity contribution is 5.96. The van der Waals surface area contributed by atoms with E-state index < -0.39 is 11.9 Å². The lowest BCUT2D eigenvalue weighted by molar-refractivity contribution is -0.126. The Labute approximate surface area is 226 Å². The van der Waals surface area contributed by atoms with Gasteiger partial charge in [0.25, 0.3) is 5.91 Å². The van der Waals surface area contributed by atoms with Gasteiger partial charge in [0.05, 0.1) is 12.8 Å². The van der Waals surface area contributed by atoms with Crippen LogP contribution in [-0.2, 0) is 17.9 Å². The van der Waals surface area contributed by atoms with E-state index >= 15 is 0 Å². The summed E-state index contributed by atoms with van der Waals surface area (Å²) in [6, 6.07) is 21.3. The lowest BCUT2D eigenvalue weighted by atomic mass is 10.0. The average Bonchev–Trinajstić information content (AvgIpc) is 3.45. The number of ether oxygens (including phenoxy) is 3. The Morgan fingerprint density at radius 3 is 2.51 bits per heavy atom. The Bertz CT molecular complexity index is 1410. The van der Waals surface area contributed by atoms with E-state index in [2.05, 4.69) is 15.3 Å². The molecular formula is C30H28N4O5. The van der Waals surface area contributed by atoms with Crippen molar-refractivity contribution in [1.82, 2.24) is 20.2 Å². The Morgan fingerprint density at radius 2 is 1.77 bits per heavy atom. The third-order valence-electron chi connectivity index (χ3n) is 6.21. The quantitative estimate of drug-likeness (QED) is 0.330. The van der Waals surface area contributed by atoms with Gasteiger partial charge in [-0.25, -0.2) is 4.98 Å². The third kappa shape index (κ3) is 6.15. The molecule has 4 aromatic rings. The zero-order chi connectivity index (χ0) is 27.0. The summed E-state index contributed by atoms with van der Waals surface area (Å²) < 4.78 is 16.6. The van der Waals surface area contributed by atoms with Gasteiger partial charge in [0, 0.05) is 25.5 Å². The minimum atomic E-state index is -0.968. The highest BCUT2D eigenvalue weighted by Gasteiger charge is 2.33. The van der Waals surface area contributed by atoms with Crippen molar-refractivity contribution in [3.63, 3.8) is 0 Å². The molecule has 9 nitrogen and oxygen atoms in total. The fraction of sp³-hybridized carbons (Fsp3) is 0.200. The van der Waals surface area contributed by atoms with Crippen LogP contribution >= 0.6 is 0 Å². The molecule has 198 valence electrons. The van der Waals surface area contributed by atoms with E-state index in [9.17, 15) is 9.59 Å². The number of rotatable bonds is 10. The van der Waals surface area contributed by atoms with Crippen molar-refractivity contribution in [3.8, 4) is 17.2 Å². The van der Waals surface area contributed by atoms with Gasteiger partial charge in [-0.3, -0.25) is 14.6 Å². The minimum Gasteiger partial charge on any atom is -0.494 e. The number of fused-ring (bicyclic) bond motifs is 1. The van der Waals surface area contributed by atoms with Crippen molar-refractivity contribution >= 4 is 11.8 Å². The largest absolute Gasteiger partial charge is 0.494 e. The summed E-state index contributed by atoms with van der Waals surface area (Å²) in [6.45, 7) is 2.98. The molecule has 5 rings (SSSR count). The van der Waals surface area contributed by atoms with Crippen molar-refractivity contribution in [1.29, 1.82) is 0 Å². The molecular weight excluding hydrogens is 496 g/mol. The minimum absolute atomic E-state index is 0.114. The zero-order valence-corrected chi connectivity index (χ0v) is 21.4. The van der Waals surface area contributed by atoms with Crippen LogP contribution in [-0.4, -0.2) is 40.1 Å². The molecule has 1 atom stereocenters. The van der Waals surface area contributed by atoms with Crippen molar-refractivity contribution in [2.75, 3.05) is 13.4 Å². The summed E-state index contributed by atoms with van der Waals surface area (Å²) in [5, 5.41) is 3.01. The van der Waals surface area contributed by atoms with Crippen LogP contribution in [0.1, 0.15) is 40.1 Å². The summed E-state index contributed by atoms with van der Waals surface area (Å²) in [7, 11) is 0. The van der Waals surface area contributed by atoms with Gasteiger partial charge in [-0.15, -0.1) is 0 Å². The lowest BCUT2D eigenvalue weighted by Gasteiger charge is -2.31. The molecule has 2 heterocycles. The summed E-state index contributed by atoms with van der Waals surface area (Å²) >= 11 is 0. The van der Waals surface area contributed by atoms with E-state index in [1.807, 2.05) is 49.4 Å². The van der Waals surface area contributed by atoms with Gasteiger partial charge >= 0.3 is 0 Å². The van der Waals surface area contributed by atoms with Crippen molar-refractivity contribution in [2.24, 2.45) is 0 Å². The molecule has 3 aromatic carbocycles. The van der Waals surface area contributed by atoms with Crippen LogP contribution < -0.4 is 19.5 Å². The van der Waals surface area contributed by atoms with Gasteiger partial charge < -0.3 is 24.4 Å². The van der Waals surface area contributed by atoms with Crippen LogP contribution in [0.15, 0.2) is 91.4 Å². The molecule has 0 radical (unpaired) electrons. The molecule has 0 spiro atoms. The van der Waals surface area contributed by atoms with Crippen LogP contribution in [0.3, 0.4) is 0 Å². The summed E-state index contributed by atoms with van der Waals surface area (Å²) in [5.74, 6) is 1.13. The number of nitrogens with one attached hydrogen (secondary N) is 1. The van der Waals surface area contributed by atoms with Crippen LogP contribution in [0.4, 0.5) is 0 Å². The molecule has 0 saturated heterocycles. The maximum atomic E-state index is 13.9. The normalized spacial score (nSPS) is 12.4. The molecule has 1 unspecified atom stereocenters. The van der Waals surface area contributed by atoms with E-state index in [4.69, 9.17) is 14.2 Å². The summed E-state index contributed by atoms with van der Waals surface area (Å²) in [4.78, 5) is 37.6. The molecule has 1 aromatic heterocycles. The van der Waals surface area contributed by atoms with Gasteiger partial charge in [-0.2, -0.15) is 0 Å². The van der Waals surface area contributed by atoms with Crippen molar-refractivity contribution in [2.45, 2.75) is 26.1 Å². The first kappa shape index (κ1) is 25.7. The van der Waals surface area contributed by atoms with Crippen molar-refractivity contribution in [3.05, 3.63) is 114 Å². The topological polar surface area (TPSA) is 103 Å². The Hall–Kier alpha value is -4.92. The maximum Gasteiger partial charge on any atom is 0.275 e. The first-order valence-electron chi connectivity index (χ1n) is 12.6. The molecule has 9 heteroatoms. The molecule has 0 fully saturated rings. The highest BCUT2D eigenvalue weighted by atomic mass is 16.7. The number of hydrogen-bond donors (Lipinski definition) is 1. The standard InChI is InChI=1S/C30H28N4O5/c1-2-37-24-11-9-23(10-12-24)28(29(35)33-17-21-6-4-3-5-7-21)34(30(36)25-18-31-14-15-32-25)19-22-8-13-26-27(16-22)39-20-38-26/h3-16,18,28H,2,17,19-20H2,1H3,(H,33,35). The number of carbonyl (C=O) groups is 2. The Kier molecular flexibility index (Phi) is 7.97. The van der Waals surface area contributed by atoms with E-state index in [0.29, 0.717) is 36.0 Å². The fourth-order valence-electron chi connectivity index (χ4n) is 4.34. The van der Waals surface area contributed by atoms with E-state index in [1.54, 1.807) is 30.3 Å². The maximum absolute atomic E-state index is 13.9. The number of nitrogens with zero attached hydrogens (tertiary/aromatic N) is 3. The lowest BCUT2D eigenvalue weighted by Crippen LogP contribution is -2.43. The number of hydrogen-bond acceptors (Lipinski definition) is 7. The SMILES string of the molecule is CCOc1ccc(C(C(=O)NCc2ccccc2)N(Cc2ccc3c(c2)OCO3)C(=O)c2cnccn2)cc1. The number of benzene rings is 3. The van der Waals surface area contributed by atoms with Crippen LogP contribution in [0.5, 0.6) is 17.2 Å². The smallest absolute Gasteiger partial charge is 0.275 e. The molecule has 1 aliphatic heterocycles. The van der Waals surface area contributed by atoms with Crippen LogP contribution in [0.2, 0.25) is 0 Å². The summed E-state index contributed by atoms with van der Waals surface area (Å²) in [6.07, 6.45) is 4.34. The summed E-state index contributed by atoms with van der Waals surface area (Å²) in [5.41, 5.74) is 2.47. The predicted molar refractivity (Wildman–Crippen MR) is 143 cm³/mol. The van der Waals surface area contributed by atoms with E-state index in [0.717, 1.165) is 11.1 Å². The molecule has 0 saturated carbocycles. The van der Waals surface area contributed by atoms with Gasteiger partial charge in [0.15, 0.2) is 11.5 Å². The number of carbonyl (C=O) groups excluding carboxylic acids is 2. The van der Waals surface area contributed by atoms with Crippen molar-refractivity contribution < 1.29 is 23.8 Å². The molecule has 1 N–H and O–H groups in total. The predicted octanol–water partition coefficient (Wildman–Crippen LogP) is 4.30. The Balaban J connectivity index is 1.52. The highest BCUT2D eigenvalue weighted by Crippen LogP contribution is 2.34. The van der Waals surface area contributed by atoms with E-state index in [-0.39, 0.29) is 24.9 Å². The number of amides is 2. The monoisotopic (exact) mass is 524 g/mol. The molecule has 2 amide bonds. The first-order valence-corrected chi connectivity index (χ1v) is 12.6. The second-order valence-electron chi connectivity index (χ2n) is 8.82.